The molecule has 1 N–H and O–H groups in total. The maximum absolute atomic E-state index is 5.64. The molecule has 0 saturated heterocycles. The highest BCUT2D eigenvalue weighted by Gasteiger charge is 2.23. The van der Waals surface area contributed by atoms with Gasteiger partial charge in [-0.3, -0.25) is 0 Å². The Morgan fingerprint density at radius 3 is 2.35 bits per heavy atom. The van der Waals surface area contributed by atoms with E-state index in [9.17, 15) is 0 Å². The van der Waals surface area contributed by atoms with E-state index in [0.717, 1.165) is 27.3 Å². The Hall–Kier alpha value is -0.980. The van der Waals surface area contributed by atoms with Crippen LogP contribution in [0, 0.1) is 0 Å². The van der Waals surface area contributed by atoms with Gasteiger partial charge in [-0.1, -0.05) is 0 Å². The van der Waals surface area contributed by atoms with Crippen molar-refractivity contribution in [2.24, 2.45) is 0 Å². The molecule has 0 amide bonds. The van der Waals surface area contributed by atoms with Crippen LogP contribution in [0.1, 0.15) is 17.4 Å². The van der Waals surface area contributed by atoms with E-state index in [-0.39, 0.29) is 6.04 Å². The minimum Gasteiger partial charge on any atom is -0.495 e. The molecule has 1 unspecified atom stereocenters. The molecule has 0 aliphatic heterocycles. The van der Waals surface area contributed by atoms with Gasteiger partial charge in [-0.05, 0) is 63.2 Å². The molecule has 0 aliphatic carbocycles. The maximum atomic E-state index is 5.64. The second kappa shape index (κ2) is 6.65. The lowest BCUT2D eigenvalue weighted by atomic mass is 10.0. The van der Waals surface area contributed by atoms with E-state index in [1.54, 1.807) is 14.2 Å². The zero-order valence-electron chi connectivity index (χ0n) is 11.4. The number of methoxy groups -OCH3 is 2. The van der Waals surface area contributed by atoms with E-state index in [1.807, 2.05) is 31.3 Å². The van der Waals surface area contributed by atoms with Gasteiger partial charge in [0.1, 0.15) is 21.7 Å². The van der Waals surface area contributed by atoms with Crippen LogP contribution in [0.2, 0.25) is 0 Å². The molecule has 20 heavy (non-hydrogen) atoms. The minimum atomic E-state index is -0.113. The molecule has 1 atom stereocenters. The predicted molar refractivity (Wildman–Crippen MR) is 84.6 cm³/mol. The molecule has 0 bridgehead atoms. The van der Waals surface area contributed by atoms with E-state index in [0.29, 0.717) is 4.67 Å². The molecule has 0 radical (unpaired) electrons. The van der Waals surface area contributed by atoms with Crippen LogP contribution in [0.25, 0.3) is 0 Å². The van der Waals surface area contributed by atoms with Gasteiger partial charge in [0.25, 0.3) is 0 Å². The molecule has 2 aromatic rings. The van der Waals surface area contributed by atoms with Gasteiger partial charge in [0.2, 0.25) is 0 Å². The highest BCUT2D eigenvalue weighted by Crippen LogP contribution is 2.41. The largest absolute Gasteiger partial charge is 0.495 e. The first kappa shape index (κ1) is 15.4. The first-order chi connectivity index (χ1) is 9.62. The van der Waals surface area contributed by atoms with Crippen molar-refractivity contribution < 1.29 is 13.9 Å². The van der Waals surface area contributed by atoms with Crippen molar-refractivity contribution in [3.8, 4) is 11.5 Å². The van der Waals surface area contributed by atoms with Crippen molar-refractivity contribution in [3.63, 3.8) is 0 Å². The summed E-state index contributed by atoms with van der Waals surface area (Å²) in [5.41, 5.74) is 0.963. The Bertz CT molecular complexity index is 598. The second-order valence-electron chi connectivity index (χ2n) is 4.07. The van der Waals surface area contributed by atoms with E-state index < -0.39 is 0 Å². The van der Waals surface area contributed by atoms with Crippen molar-refractivity contribution in [3.05, 3.63) is 44.7 Å². The highest BCUT2D eigenvalue weighted by molar-refractivity contribution is 9.10. The Balaban J connectivity index is 2.52. The van der Waals surface area contributed by atoms with Crippen LogP contribution in [0.5, 0.6) is 11.5 Å². The van der Waals surface area contributed by atoms with Gasteiger partial charge in [-0.2, -0.15) is 0 Å². The van der Waals surface area contributed by atoms with Crippen molar-refractivity contribution >= 4 is 31.9 Å². The topological polar surface area (TPSA) is 43.6 Å². The van der Waals surface area contributed by atoms with E-state index in [4.69, 9.17) is 13.9 Å². The van der Waals surface area contributed by atoms with Gasteiger partial charge >= 0.3 is 0 Å². The van der Waals surface area contributed by atoms with Crippen LogP contribution in [0.15, 0.2) is 37.8 Å². The number of ether oxygens (including phenoxy) is 2. The maximum Gasteiger partial charge on any atom is 0.169 e. The number of hydrogen-bond donors (Lipinski definition) is 1. The molecule has 108 valence electrons. The summed E-state index contributed by atoms with van der Waals surface area (Å²) in [6, 6.07) is 7.52. The zero-order chi connectivity index (χ0) is 14.7. The zero-order valence-corrected chi connectivity index (χ0v) is 14.5. The van der Waals surface area contributed by atoms with Gasteiger partial charge in [0.15, 0.2) is 4.67 Å². The molecule has 1 aromatic heterocycles. The summed E-state index contributed by atoms with van der Waals surface area (Å²) >= 11 is 6.83. The Kier molecular flexibility index (Phi) is 5.12. The molecule has 6 heteroatoms. The number of nitrogens with one attached hydrogen (secondary N) is 1. The fourth-order valence-corrected chi connectivity index (χ4v) is 3.08. The Morgan fingerprint density at radius 1 is 1.10 bits per heavy atom. The first-order valence-corrected chi connectivity index (χ1v) is 7.53. The lowest BCUT2D eigenvalue weighted by Gasteiger charge is -2.19. The van der Waals surface area contributed by atoms with Crippen LogP contribution in [-0.2, 0) is 0 Å². The van der Waals surface area contributed by atoms with Crippen LogP contribution < -0.4 is 14.8 Å². The molecule has 0 saturated carbocycles. The monoisotopic (exact) mass is 403 g/mol. The summed E-state index contributed by atoms with van der Waals surface area (Å²) in [4.78, 5) is 0. The first-order valence-electron chi connectivity index (χ1n) is 5.95. The van der Waals surface area contributed by atoms with Gasteiger partial charge < -0.3 is 19.2 Å². The molecule has 0 aliphatic rings. The van der Waals surface area contributed by atoms with E-state index >= 15 is 0 Å². The second-order valence-corrected chi connectivity index (χ2v) is 5.64. The standard InChI is InChI=1S/C14H15Br2NO3/c1-17-13(10-6-7-11(15)20-10)8-4-5-9(18-2)12(16)14(8)19-3/h4-7,13,17H,1-3H3. The van der Waals surface area contributed by atoms with Crippen LogP contribution in [-0.4, -0.2) is 21.3 Å². The van der Waals surface area contributed by atoms with Gasteiger partial charge in [-0.15, -0.1) is 0 Å². The van der Waals surface area contributed by atoms with Crippen molar-refractivity contribution in [2.75, 3.05) is 21.3 Å². The van der Waals surface area contributed by atoms with Crippen LogP contribution >= 0.6 is 31.9 Å². The summed E-state index contributed by atoms with van der Waals surface area (Å²) in [6.45, 7) is 0. The molecule has 0 spiro atoms. The number of rotatable bonds is 5. The van der Waals surface area contributed by atoms with Crippen LogP contribution in [0.3, 0.4) is 0 Å². The molecule has 4 nitrogen and oxygen atoms in total. The van der Waals surface area contributed by atoms with Crippen LogP contribution in [0.4, 0.5) is 0 Å². The number of hydrogen-bond acceptors (Lipinski definition) is 4. The third-order valence-electron chi connectivity index (χ3n) is 2.99. The lowest BCUT2D eigenvalue weighted by molar-refractivity contribution is 0.377. The summed E-state index contributed by atoms with van der Waals surface area (Å²) in [7, 11) is 5.13. The van der Waals surface area contributed by atoms with E-state index in [1.165, 1.54) is 0 Å². The van der Waals surface area contributed by atoms with Crippen molar-refractivity contribution in [2.45, 2.75) is 6.04 Å². The smallest absolute Gasteiger partial charge is 0.169 e. The van der Waals surface area contributed by atoms with Gasteiger partial charge in [0.05, 0.1) is 20.3 Å². The summed E-state index contributed by atoms with van der Waals surface area (Å²) < 4.78 is 17.9. The molecule has 2 rings (SSSR count). The van der Waals surface area contributed by atoms with E-state index in [2.05, 4.69) is 37.2 Å². The molecular weight excluding hydrogens is 390 g/mol. The minimum absolute atomic E-state index is 0.113. The Labute approximate surface area is 134 Å². The van der Waals surface area contributed by atoms with Crippen molar-refractivity contribution in [1.29, 1.82) is 0 Å². The highest BCUT2D eigenvalue weighted by atomic mass is 79.9. The molecular formula is C14H15Br2NO3. The summed E-state index contributed by atoms with van der Waals surface area (Å²) in [5.74, 6) is 2.24. The normalized spacial score (nSPS) is 12.2. The quantitative estimate of drug-likeness (QED) is 0.813. The predicted octanol–water partition coefficient (Wildman–Crippen LogP) is 4.13. The third-order valence-corrected chi connectivity index (χ3v) is 4.17. The number of halogens is 2. The lowest BCUT2D eigenvalue weighted by Crippen LogP contribution is -2.18. The van der Waals surface area contributed by atoms with Gasteiger partial charge in [-0.25, -0.2) is 0 Å². The average molecular weight is 405 g/mol. The summed E-state index contributed by atoms with van der Waals surface area (Å²) in [5, 5.41) is 3.23. The average Bonchev–Trinajstić information content (AvgIpc) is 2.86. The number of furan rings is 1. The summed E-state index contributed by atoms with van der Waals surface area (Å²) in [6.07, 6.45) is 0. The number of benzene rings is 1. The molecule has 1 aromatic carbocycles. The Morgan fingerprint density at radius 2 is 1.85 bits per heavy atom. The SMILES string of the molecule is CNC(c1ccc(Br)o1)c1ccc(OC)c(Br)c1OC. The third kappa shape index (κ3) is 2.87. The fourth-order valence-electron chi connectivity index (χ4n) is 2.08. The molecule has 1 heterocycles. The van der Waals surface area contributed by atoms with Crippen molar-refractivity contribution in [1.82, 2.24) is 5.32 Å². The van der Waals surface area contributed by atoms with Gasteiger partial charge in [0, 0.05) is 5.56 Å². The fraction of sp³-hybridized carbons (Fsp3) is 0.286. The molecule has 0 fully saturated rings.